The van der Waals surface area contributed by atoms with Crippen molar-refractivity contribution in [3.05, 3.63) is 30.1 Å². The maximum absolute atomic E-state index is 12.2. The number of hydrazine groups is 1. The first-order chi connectivity index (χ1) is 11.0. The number of fused-ring (bicyclic) bond motifs is 1. The molecule has 1 aliphatic rings. The number of aromatic amines is 1. The third kappa shape index (κ3) is 3.54. The van der Waals surface area contributed by atoms with Crippen molar-refractivity contribution in [2.45, 2.75) is 51.7 Å². The first-order valence-corrected chi connectivity index (χ1v) is 8.29. The summed E-state index contributed by atoms with van der Waals surface area (Å²) in [5, 5.41) is 3.04. The van der Waals surface area contributed by atoms with E-state index in [4.69, 9.17) is 0 Å². The molecule has 6 heteroatoms. The number of amides is 1. The predicted molar refractivity (Wildman–Crippen MR) is 90.6 cm³/mol. The first kappa shape index (κ1) is 16.0. The summed E-state index contributed by atoms with van der Waals surface area (Å²) >= 11 is 0. The number of hydrogen-bond acceptors (Lipinski definition) is 4. The summed E-state index contributed by atoms with van der Waals surface area (Å²) < 4.78 is 0. The number of aromatic nitrogens is 2. The number of rotatable bonds is 5. The molecule has 1 aromatic heterocycles. The number of imidazole rings is 1. The normalized spacial score (nSPS) is 25.6. The van der Waals surface area contributed by atoms with E-state index >= 15 is 0 Å². The monoisotopic (exact) mass is 315 g/mol. The minimum atomic E-state index is -0.121. The maximum atomic E-state index is 12.2. The highest BCUT2D eigenvalue weighted by Gasteiger charge is 2.29. The largest absolute Gasteiger partial charge is 0.346 e. The number of nitrogens with one attached hydrogen (secondary N) is 4. The van der Waals surface area contributed by atoms with Crippen LogP contribution in [0.1, 0.15) is 45.5 Å². The molecule has 1 fully saturated rings. The van der Waals surface area contributed by atoms with E-state index in [1.807, 2.05) is 31.2 Å². The van der Waals surface area contributed by atoms with Gasteiger partial charge in [-0.2, -0.15) is 0 Å². The van der Waals surface area contributed by atoms with Gasteiger partial charge in [-0.3, -0.25) is 15.6 Å². The second kappa shape index (κ2) is 6.68. The zero-order valence-corrected chi connectivity index (χ0v) is 13.9. The molecule has 1 aromatic carbocycles. The average Bonchev–Trinajstić information content (AvgIpc) is 3.09. The van der Waals surface area contributed by atoms with Gasteiger partial charge in [-0.1, -0.05) is 12.1 Å². The predicted octanol–water partition coefficient (Wildman–Crippen LogP) is 2.02. The number of H-pyrrole nitrogens is 1. The second-order valence-corrected chi connectivity index (χ2v) is 6.50. The summed E-state index contributed by atoms with van der Waals surface area (Å²) in [6, 6.07) is 8.55. The SMILES string of the molecule is CC(NC(=O)CCC1C(C)NNC1C)c1nc2ccccc2[nH]1. The third-order valence-electron chi connectivity index (χ3n) is 4.72. The molecule has 0 spiro atoms. The number of benzene rings is 1. The lowest BCUT2D eigenvalue weighted by Crippen LogP contribution is -2.30. The Hall–Kier alpha value is -1.92. The molecular weight excluding hydrogens is 290 g/mol. The Balaban J connectivity index is 1.54. The molecule has 1 amide bonds. The molecule has 23 heavy (non-hydrogen) atoms. The number of carbonyl (C=O) groups excluding carboxylic acids is 1. The summed E-state index contributed by atoms with van der Waals surface area (Å²) in [5.74, 6) is 1.34. The summed E-state index contributed by atoms with van der Waals surface area (Å²) in [6.45, 7) is 6.26. The van der Waals surface area contributed by atoms with Crippen molar-refractivity contribution in [3.8, 4) is 0 Å². The van der Waals surface area contributed by atoms with E-state index in [1.165, 1.54) is 0 Å². The molecule has 6 nitrogen and oxygen atoms in total. The number of carbonyl (C=O) groups is 1. The summed E-state index contributed by atoms with van der Waals surface area (Å²) in [5.41, 5.74) is 8.38. The molecule has 0 aliphatic carbocycles. The number of hydrogen-bond donors (Lipinski definition) is 4. The van der Waals surface area contributed by atoms with Crippen LogP contribution in [0.4, 0.5) is 0 Å². The van der Waals surface area contributed by atoms with Crippen LogP contribution in [0.25, 0.3) is 11.0 Å². The fourth-order valence-electron chi connectivity index (χ4n) is 3.27. The summed E-state index contributed by atoms with van der Waals surface area (Å²) in [7, 11) is 0. The van der Waals surface area contributed by atoms with Gasteiger partial charge in [-0.25, -0.2) is 4.98 Å². The average molecular weight is 315 g/mol. The van der Waals surface area contributed by atoms with Crippen LogP contribution in [-0.2, 0) is 4.79 Å². The molecule has 0 radical (unpaired) electrons. The van der Waals surface area contributed by atoms with Crippen molar-refractivity contribution in [1.82, 2.24) is 26.1 Å². The Bertz CT molecular complexity index is 639. The molecule has 0 saturated carbocycles. The maximum Gasteiger partial charge on any atom is 0.220 e. The van der Waals surface area contributed by atoms with Crippen molar-refractivity contribution in [3.63, 3.8) is 0 Å². The lowest BCUT2D eigenvalue weighted by atomic mass is 9.91. The summed E-state index contributed by atoms with van der Waals surface area (Å²) in [4.78, 5) is 20.0. The second-order valence-electron chi connectivity index (χ2n) is 6.50. The van der Waals surface area contributed by atoms with Gasteiger partial charge in [-0.15, -0.1) is 0 Å². The van der Waals surface area contributed by atoms with Crippen molar-refractivity contribution in [2.24, 2.45) is 5.92 Å². The van der Waals surface area contributed by atoms with E-state index in [-0.39, 0.29) is 11.9 Å². The quantitative estimate of drug-likeness (QED) is 0.680. The molecule has 0 bridgehead atoms. The minimum Gasteiger partial charge on any atom is -0.346 e. The van der Waals surface area contributed by atoms with Crippen LogP contribution in [0.2, 0.25) is 0 Å². The summed E-state index contributed by atoms with van der Waals surface area (Å²) in [6.07, 6.45) is 1.41. The molecule has 1 aliphatic heterocycles. The van der Waals surface area contributed by atoms with Crippen LogP contribution in [0, 0.1) is 5.92 Å². The van der Waals surface area contributed by atoms with Crippen LogP contribution in [-0.4, -0.2) is 28.0 Å². The van der Waals surface area contributed by atoms with Crippen molar-refractivity contribution in [1.29, 1.82) is 0 Å². The van der Waals surface area contributed by atoms with Gasteiger partial charge in [0, 0.05) is 18.5 Å². The molecule has 2 heterocycles. The van der Waals surface area contributed by atoms with Crippen LogP contribution >= 0.6 is 0 Å². The van der Waals surface area contributed by atoms with E-state index in [0.717, 1.165) is 23.3 Å². The van der Waals surface area contributed by atoms with Gasteiger partial charge in [0.2, 0.25) is 5.91 Å². The molecule has 1 saturated heterocycles. The molecule has 3 unspecified atom stereocenters. The lowest BCUT2D eigenvalue weighted by molar-refractivity contribution is -0.122. The van der Waals surface area contributed by atoms with Crippen LogP contribution in [0.3, 0.4) is 0 Å². The van der Waals surface area contributed by atoms with E-state index in [0.29, 0.717) is 24.4 Å². The Morgan fingerprint density at radius 3 is 2.65 bits per heavy atom. The standard InChI is InChI=1S/C17H25N5O/c1-10-13(11(2)22-21-10)8-9-16(23)18-12(3)17-19-14-6-4-5-7-15(14)20-17/h4-7,10-13,21-22H,8-9H2,1-3H3,(H,18,23)(H,19,20). The molecule has 2 aromatic rings. The van der Waals surface area contributed by atoms with Crippen molar-refractivity contribution < 1.29 is 4.79 Å². The van der Waals surface area contributed by atoms with Gasteiger partial charge in [0.15, 0.2) is 0 Å². The molecule has 3 rings (SSSR count). The van der Waals surface area contributed by atoms with Gasteiger partial charge >= 0.3 is 0 Å². The molecule has 4 N–H and O–H groups in total. The number of nitrogens with zero attached hydrogens (tertiary/aromatic N) is 1. The Labute approximate surface area is 136 Å². The Morgan fingerprint density at radius 1 is 1.26 bits per heavy atom. The zero-order chi connectivity index (χ0) is 16.4. The minimum absolute atomic E-state index is 0.0734. The Morgan fingerprint density at radius 2 is 1.96 bits per heavy atom. The van der Waals surface area contributed by atoms with Gasteiger partial charge in [0.1, 0.15) is 5.82 Å². The van der Waals surface area contributed by atoms with Crippen LogP contribution in [0.5, 0.6) is 0 Å². The van der Waals surface area contributed by atoms with E-state index in [2.05, 4.69) is 40.0 Å². The molecule has 3 atom stereocenters. The Kier molecular flexibility index (Phi) is 4.63. The fourth-order valence-corrected chi connectivity index (χ4v) is 3.27. The smallest absolute Gasteiger partial charge is 0.220 e. The van der Waals surface area contributed by atoms with Gasteiger partial charge in [0.05, 0.1) is 17.1 Å². The highest BCUT2D eigenvalue weighted by atomic mass is 16.1. The first-order valence-electron chi connectivity index (χ1n) is 8.29. The fraction of sp³-hybridized carbons (Fsp3) is 0.529. The van der Waals surface area contributed by atoms with E-state index < -0.39 is 0 Å². The van der Waals surface area contributed by atoms with Gasteiger partial charge in [-0.05, 0) is 45.2 Å². The lowest BCUT2D eigenvalue weighted by Gasteiger charge is -2.18. The van der Waals surface area contributed by atoms with E-state index in [1.54, 1.807) is 0 Å². The molecular formula is C17H25N5O. The highest BCUT2D eigenvalue weighted by Crippen LogP contribution is 2.20. The topological polar surface area (TPSA) is 81.8 Å². The number of para-hydroxylation sites is 2. The molecule has 124 valence electrons. The van der Waals surface area contributed by atoms with Crippen LogP contribution in [0.15, 0.2) is 24.3 Å². The van der Waals surface area contributed by atoms with Gasteiger partial charge in [0.25, 0.3) is 0 Å². The highest BCUT2D eigenvalue weighted by molar-refractivity contribution is 5.77. The third-order valence-corrected chi connectivity index (χ3v) is 4.72. The van der Waals surface area contributed by atoms with Crippen molar-refractivity contribution >= 4 is 16.9 Å². The zero-order valence-electron chi connectivity index (χ0n) is 13.9. The van der Waals surface area contributed by atoms with Crippen molar-refractivity contribution in [2.75, 3.05) is 0 Å². The van der Waals surface area contributed by atoms with E-state index in [9.17, 15) is 4.79 Å². The van der Waals surface area contributed by atoms with Gasteiger partial charge < -0.3 is 10.3 Å². The van der Waals surface area contributed by atoms with Crippen LogP contribution < -0.4 is 16.2 Å².